The van der Waals surface area contributed by atoms with Crippen LogP contribution in [0.2, 0.25) is 0 Å². The first-order valence-electron chi connectivity index (χ1n) is 6.87. The first-order chi connectivity index (χ1) is 8.81. The Labute approximate surface area is 117 Å². The molecular weight excluding hydrogens is 238 g/mol. The molecule has 1 atom stereocenters. The van der Waals surface area contributed by atoms with E-state index in [0.717, 1.165) is 17.9 Å². The summed E-state index contributed by atoms with van der Waals surface area (Å²) < 4.78 is 11.4. The Hall–Kier alpha value is -1.06. The molecule has 0 fully saturated rings. The Bertz CT molecular complexity index is 383. The number of ether oxygens (including phenoxy) is 2. The van der Waals surface area contributed by atoms with Crippen LogP contribution < -0.4 is 10.1 Å². The summed E-state index contributed by atoms with van der Waals surface area (Å²) in [7, 11) is 1.69. The molecular formula is C16H27NO2. The molecule has 1 N–H and O–H groups in total. The Morgan fingerprint density at radius 1 is 1.21 bits per heavy atom. The summed E-state index contributed by atoms with van der Waals surface area (Å²) in [6.07, 6.45) is 0.0255. The normalized spacial score (nSPS) is 13.6. The van der Waals surface area contributed by atoms with Crippen LogP contribution in [-0.4, -0.2) is 25.3 Å². The first kappa shape index (κ1) is 16.0. The predicted octanol–water partition coefficient (Wildman–Crippen LogP) is 3.55. The van der Waals surface area contributed by atoms with Gasteiger partial charge in [-0.15, -0.1) is 0 Å². The fourth-order valence-electron chi connectivity index (χ4n) is 1.84. The number of benzene rings is 1. The molecule has 0 radical (unpaired) electrons. The highest BCUT2D eigenvalue weighted by Crippen LogP contribution is 2.26. The second kappa shape index (κ2) is 6.92. The van der Waals surface area contributed by atoms with Crippen molar-refractivity contribution in [2.24, 2.45) is 0 Å². The summed E-state index contributed by atoms with van der Waals surface area (Å²) >= 11 is 0. The van der Waals surface area contributed by atoms with Gasteiger partial charge in [-0.05, 0) is 38.5 Å². The van der Waals surface area contributed by atoms with Crippen LogP contribution in [-0.2, 0) is 4.74 Å². The van der Waals surface area contributed by atoms with Gasteiger partial charge in [0.15, 0.2) is 0 Å². The maximum absolute atomic E-state index is 6.16. The van der Waals surface area contributed by atoms with E-state index in [-0.39, 0.29) is 11.7 Å². The number of rotatable bonds is 6. The lowest BCUT2D eigenvalue weighted by Gasteiger charge is -2.29. The van der Waals surface area contributed by atoms with Crippen LogP contribution in [0.3, 0.4) is 0 Å². The lowest BCUT2D eigenvalue weighted by Crippen LogP contribution is -2.33. The van der Waals surface area contributed by atoms with E-state index in [9.17, 15) is 0 Å². The molecule has 0 bridgehead atoms. The van der Waals surface area contributed by atoms with Crippen LogP contribution in [0.1, 0.15) is 46.3 Å². The summed E-state index contributed by atoms with van der Waals surface area (Å²) in [6, 6.07) is 8.52. The van der Waals surface area contributed by atoms with Gasteiger partial charge in [-0.1, -0.05) is 26.0 Å². The van der Waals surface area contributed by atoms with Gasteiger partial charge in [0.05, 0.1) is 18.8 Å². The Morgan fingerprint density at radius 2 is 1.89 bits per heavy atom. The second-order valence-electron chi connectivity index (χ2n) is 6.06. The van der Waals surface area contributed by atoms with E-state index in [1.165, 1.54) is 0 Å². The summed E-state index contributed by atoms with van der Waals surface area (Å²) in [6.45, 7) is 11.3. The van der Waals surface area contributed by atoms with Gasteiger partial charge < -0.3 is 14.8 Å². The molecule has 0 amide bonds. The zero-order valence-electron chi connectivity index (χ0n) is 13.0. The van der Waals surface area contributed by atoms with Crippen LogP contribution in [0.15, 0.2) is 24.3 Å². The van der Waals surface area contributed by atoms with Crippen molar-refractivity contribution >= 4 is 0 Å². The van der Waals surface area contributed by atoms with Crippen molar-refractivity contribution in [1.29, 1.82) is 0 Å². The minimum Gasteiger partial charge on any atom is -0.497 e. The largest absolute Gasteiger partial charge is 0.497 e. The molecule has 0 saturated heterocycles. The maximum Gasteiger partial charge on any atom is 0.119 e. The Kier molecular flexibility index (Phi) is 5.83. The molecule has 1 aromatic carbocycles. The van der Waals surface area contributed by atoms with Gasteiger partial charge in [0, 0.05) is 12.6 Å². The Balaban J connectivity index is 2.87. The molecule has 0 spiro atoms. The summed E-state index contributed by atoms with van der Waals surface area (Å²) in [5, 5.41) is 3.44. The van der Waals surface area contributed by atoms with Crippen LogP contribution >= 0.6 is 0 Å². The van der Waals surface area contributed by atoms with E-state index in [1.807, 2.05) is 18.2 Å². The zero-order chi connectivity index (χ0) is 14.5. The van der Waals surface area contributed by atoms with E-state index >= 15 is 0 Å². The molecule has 0 aliphatic heterocycles. The molecule has 108 valence electrons. The van der Waals surface area contributed by atoms with Gasteiger partial charge >= 0.3 is 0 Å². The van der Waals surface area contributed by atoms with E-state index in [1.54, 1.807) is 7.11 Å². The molecule has 19 heavy (non-hydrogen) atoms. The number of methoxy groups -OCH3 is 1. The molecule has 0 saturated carbocycles. The topological polar surface area (TPSA) is 30.5 Å². The van der Waals surface area contributed by atoms with Crippen LogP contribution in [0, 0.1) is 0 Å². The number of hydrogen-bond acceptors (Lipinski definition) is 3. The quantitative estimate of drug-likeness (QED) is 0.853. The van der Waals surface area contributed by atoms with Crippen molar-refractivity contribution in [3.05, 3.63) is 29.8 Å². The van der Waals surface area contributed by atoms with Gasteiger partial charge in [-0.25, -0.2) is 0 Å². The molecule has 3 heteroatoms. The molecule has 0 aliphatic carbocycles. The van der Waals surface area contributed by atoms with E-state index in [2.05, 4.69) is 46.0 Å². The SMILES string of the molecule is COc1cccc(C(CNC(C)C)OC(C)(C)C)c1. The monoisotopic (exact) mass is 265 g/mol. The standard InChI is InChI=1S/C16H27NO2/c1-12(2)17-11-15(19-16(3,4)5)13-8-7-9-14(10-13)18-6/h7-10,12,15,17H,11H2,1-6H3. The van der Waals surface area contributed by atoms with Crippen LogP contribution in [0.5, 0.6) is 5.75 Å². The number of nitrogens with one attached hydrogen (secondary N) is 1. The van der Waals surface area contributed by atoms with E-state index in [4.69, 9.17) is 9.47 Å². The third-order valence-electron chi connectivity index (χ3n) is 2.67. The lowest BCUT2D eigenvalue weighted by molar-refractivity contribution is -0.0612. The molecule has 0 aliphatic rings. The highest BCUT2D eigenvalue weighted by atomic mass is 16.5. The first-order valence-corrected chi connectivity index (χ1v) is 6.87. The van der Waals surface area contributed by atoms with Gasteiger partial charge in [0.1, 0.15) is 5.75 Å². The summed E-state index contributed by atoms with van der Waals surface area (Å²) in [4.78, 5) is 0. The van der Waals surface area contributed by atoms with Crippen molar-refractivity contribution in [1.82, 2.24) is 5.32 Å². The minimum atomic E-state index is -0.174. The summed E-state index contributed by atoms with van der Waals surface area (Å²) in [5.41, 5.74) is 0.967. The van der Waals surface area contributed by atoms with Crippen molar-refractivity contribution < 1.29 is 9.47 Å². The van der Waals surface area contributed by atoms with Gasteiger partial charge in [0.25, 0.3) is 0 Å². The smallest absolute Gasteiger partial charge is 0.119 e. The number of hydrogen-bond donors (Lipinski definition) is 1. The average Bonchev–Trinajstić information content (AvgIpc) is 2.33. The van der Waals surface area contributed by atoms with Crippen molar-refractivity contribution in [2.75, 3.05) is 13.7 Å². The Morgan fingerprint density at radius 3 is 2.42 bits per heavy atom. The fourth-order valence-corrected chi connectivity index (χ4v) is 1.84. The fraction of sp³-hybridized carbons (Fsp3) is 0.625. The van der Waals surface area contributed by atoms with E-state index < -0.39 is 0 Å². The zero-order valence-corrected chi connectivity index (χ0v) is 13.0. The molecule has 3 nitrogen and oxygen atoms in total. The summed E-state index contributed by atoms with van der Waals surface area (Å²) in [5.74, 6) is 0.865. The molecule has 1 rings (SSSR count). The average molecular weight is 265 g/mol. The third kappa shape index (κ3) is 6.08. The predicted molar refractivity (Wildman–Crippen MR) is 79.7 cm³/mol. The van der Waals surface area contributed by atoms with Crippen LogP contribution in [0.25, 0.3) is 0 Å². The maximum atomic E-state index is 6.16. The second-order valence-corrected chi connectivity index (χ2v) is 6.06. The van der Waals surface area contributed by atoms with Crippen molar-refractivity contribution in [2.45, 2.75) is 52.4 Å². The van der Waals surface area contributed by atoms with Gasteiger partial charge in [0.2, 0.25) is 0 Å². The van der Waals surface area contributed by atoms with E-state index in [0.29, 0.717) is 6.04 Å². The van der Waals surface area contributed by atoms with Crippen molar-refractivity contribution in [3.8, 4) is 5.75 Å². The highest BCUT2D eigenvalue weighted by Gasteiger charge is 2.20. The molecule has 0 aromatic heterocycles. The molecule has 1 aromatic rings. The highest BCUT2D eigenvalue weighted by molar-refractivity contribution is 5.30. The molecule has 0 heterocycles. The van der Waals surface area contributed by atoms with Gasteiger partial charge in [-0.3, -0.25) is 0 Å². The minimum absolute atomic E-state index is 0.0255. The third-order valence-corrected chi connectivity index (χ3v) is 2.67. The lowest BCUT2D eigenvalue weighted by atomic mass is 10.1. The molecule has 1 unspecified atom stereocenters. The van der Waals surface area contributed by atoms with Crippen molar-refractivity contribution in [3.63, 3.8) is 0 Å². The van der Waals surface area contributed by atoms with Gasteiger partial charge in [-0.2, -0.15) is 0 Å². The van der Waals surface area contributed by atoms with Crippen LogP contribution in [0.4, 0.5) is 0 Å².